The van der Waals surface area contributed by atoms with Gasteiger partial charge in [0.1, 0.15) is 6.04 Å². The van der Waals surface area contributed by atoms with Crippen molar-refractivity contribution < 1.29 is 14.8 Å². The number of nitro groups is 1. The van der Waals surface area contributed by atoms with E-state index in [-0.39, 0.29) is 5.69 Å². The molecule has 0 saturated heterocycles. The number of aliphatic carboxylic acids is 1. The van der Waals surface area contributed by atoms with Crippen molar-refractivity contribution in [3.63, 3.8) is 0 Å². The van der Waals surface area contributed by atoms with Crippen LogP contribution < -0.4 is 5.32 Å². The topological polar surface area (TPSA) is 92.5 Å². The molecular formula is C14H20N2O4. The number of non-ortho nitro benzene ring substituents is 1. The summed E-state index contributed by atoms with van der Waals surface area (Å²) in [5.41, 5.74) is 1.71. The second-order valence-corrected chi connectivity index (χ2v) is 4.78. The maximum atomic E-state index is 11.1. The molecule has 2 N–H and O–H groups in total. The van der Waals surface area contributed by atoms with E-state index in [4.69, 9.17) is 5.11 Å². The Labute approximate surface area is 118 Å². The van der Waals surface area contributed by atoms with Crippen LogP contribution in [-0.4, -0.2) is 22.0 Å². The fourth-order valence-electron chi connectivity index (χ4n) is 1.95. The zero-order valence-corrected chi connectivity index (χ0v) is 11.8. The summed E-state index contributed by atoms with van der Waals surface area (Å²) in [5, 5.41) is 22.8. The van der Waals surface area contributed by atoms with Gasteiger partial charge in [0, 0.05) is 18.7 Å². The molecule has 0 unspecified atom stereocenters. The number of carboxylic acid groups (broad SMARTS) is 1. The molecule has 0 heterocycles. The standard InChI is InChI=1S/C14H20N2O4/c1-3-4-5-13(14(17)18)15-9-11-6-7-12(16(19)20)8-10(11)2/h6-8,13,15H,3-5,9H2,1-2H3,(H,17,18)/t13-/m0/s1. The highest BCUT2D eigenvalue weighted by molar-refractivity contribution is 5.73. The van der Waals surface area contributed by atoms with Crippen LogP contribution in [0.3, 0.4) is 0 Å². The van der Waals surface area contributed by atoms with Crippen molar-refractivity contribution >= 4 is 11.7 Å². The molecule has 0 saturated carbocycles. The molecule has 0 fully saturated rings. The summed E-state index contributed by atoms with van der Waals surface area (Å²) >= 11 is 0. The molecule has 0 bridgehead atoms. The highest BCUT2D eigenvalue weighted by Crippen LogP contribution is 2.17. The lowest BCUT2D eigenvalue weighted by atomic mass is 10.1. The van der Waals surface area contributed by atoms with E-state index in [1.54, 1.807) is 13.0 Å². The van der Waals surface area contributed by atoms with Crippen LogP contribution in [0, 0.1) is 17.0 Å². The predicted molar refractivity (Wildman–Crippen MR) is 75.6 cm³/mol. The molecule has 0 amide bonds. The Kier molecular flexibility index (Phi) is 6.11. The van der Waals surface area contributed by atoms with Crippen LogP contribution in [0.15, 0.2) is 18.2 Å². The summed E-state index contributed by atoms with van der Waals surface area (Å²) in [5.74, 6) is -0.863. The van der Waals surface area contributed by atoms with Crippen molar-refractivity contribution in [2.75, 3.05) is 0 Å². The second-order valence-electron chi connectivity index (χ2n) is 4.78. The molecule has 110 valence electrons. The van der Waals surface area contributed by atoms with Gasteiger partial charge < -0.3 is 10.4 Å². The highest BCUT2D eigenvalue weighted by Gasteiger charge is 2.16. The molecule has 6 heteroatoms. The van der Waals surface area contributed by atoms with Crippen LogP contribution in [0.4, 0.5) is 5.69 Å². The molecule has 1 rings (SSSR count). The largest absolute Gasteiger partial charge is 0.480 e. The van der Waals surface area contributed by atoms with Crippen LogP contribution in [0.2, 0.25) is 0 Å². The van der Waals surface area contributed by atoms with E-state index in [0.29, 0.717) is 13.0 Å². The number of carboxylic acids is 1. The van der Waals surface area contributed by atoms with Crippen molar-refractivity contribution in [2.24, 2.45) is 0 Å². The summed E-state index contributed by atoms with van der Waals surface area (Å²) in [4.78, 5) is 21.3. The highest BCUT2D eigenvalue weighted by atomic mass is 16.6. The number of rotatable bonds is 8. The third-order valence-electron chi connectivity index (χ3n) is 3.22. The van der Waals surface area contributed by atoms with Crippen molar-refractivity contribution in [2.45, 2.75) is 45.7 Å². The van der Waals surface area contributed by atoms with E-state index < -0.39 is 16.9 Å². The Balaban J connectivity index is 2.68. The minimum Gasteiger partial charge on any atom is -0.480 e. The monoisotopic (exact) mass is 280 g/mol. The van der Waals surface area contributed by atoms with Crippen molar-refractivity contribution in [3.8, 4) is 0 Å². The van der Waals surface area contributed by atoms with Gasteiger partial charge in [0.15, 0.2) is 0 Å². The van der Waals surface area contributed by atoms with E-state index in [2.05, 4.69) is 5.32 Å². The average molecular weight is 280 g/mol. The van der Waals surface area contributed by atoms with E-state index in [1.807, 2.05) is 6.92 Å². The minimum atomic E-state index is -0.863. The van der Waals surface area contributed by atoms with Gasteiger partial charge in [-0.25, -0.2) is 0 Å². The maximum absolute atomic E-state index is 11.1. The molecule has 1 atom stereocenters. The van der Waals surface area contributed by atoms with E-state index in [0.717, 1.165) is 24.0 Å². The van der Waals surface area contributed by atoms with Crippen molar-refractivity contribution in [1.29, 1.82) is 0 Å². The smallest absolute Gasteiger partial charge is 0.320 e. The first-order valence-corrected chi connectivity index (χ1v) is 6.65. The Hall–Kier alpha value is -1.95. The molecule has 1 aromatic rings. The van der Waals surface area contributed by atoms with Crippen LogP contribution in [-0.2, 0) is 11.3 Å². The molecule has 20 heavy (non-hydrogen) atoms. The summed E-state index contributed by atoms with van der Waals surface area (Å²) < 4.78 is 0. The lowest BCUT2D eigenvalue weighted by Crippen LogP contribution is -2.36. The third kappa shape index (κ3) is 4.62. The van der Waals surface area contributed by atoms with Gasteiger partial charge in [-0.3, -0.25) is 14.9 Å². The number of unbranched alkanes of at least 4 members (excludes halogenated alkanes) is 1. The zero-order chi connectivity index (χ0) is 15.1. The number of carbonyl (C=O) groups is 1. The van der Waals surface area contributed by atoms with E-state index >= 15 is 0 Å². The molecule has 0 radical (unpaired) electrons. The van der Waals surface area contributed by atoms with Crippen LogP contribution in [0.1, 0.15) is 37.3 Å². The number of hydrogen-bond donors (Lipinski definition) is 2. The van der Waals surface area contributed by atoms with Gasteiger partial charge in [0.2, 0.25) is 0 Å². The number of aryl methyl sites for hydroxylation is 1. The fraction of sp³-hybridized carbons (Fsp3) is 0.500. The summed E-state index contributed by atoms with van der Waals surface area (Å²) in [6.45, 7) is 4.19. The number of nitro benzene ring substituents is 1. The fourth-order valence-corrected chi connectivity index (χ4v) is 1.95. The Morgan fingerprint density at radius 2 is 2.20 bits per heavy atom. The lowest BCUT2D eigenvalue weighted by molar-refractivity contribution is -0.384. The zero-order valence-electron chi connectivity index (χ0n) is 11.8. The van der Waals surface area contributed by atoms with Crippen molar-refractivity contribution in [1.82, 2.24) is 5.32 Å². The van der Waals surface area contributed by atoms with Gasteiger partial charge in [-0.05, 0) is 24.5 Å². The Bertz CT molecular complexity index is 488. The van der Waals surface area contributed by atoms with Gasteiger partial charge in [0.25, 0.3) is 5.69 Å². The van der Waals surface area contributed by atoms with Crippen LogP contribution >= 0.6 is 0 Å². The molecule has 0 aliphatic heterocycles. The summed E-state index contributed by atoms with van der Waals surface area (Å²) in [7, 11) is 0. The molecule has 0 aliphatic rings. The molecular weight excluding hydrogens is 260 g/mol. The Morgan fingerprint density at radius 3 is 2.70 bits per heavy atom. The number of nitrogens with zero attached hydrogens (tertiary/aromatic N) is 1. The minimum absolute atomic E-state index is 0.0482. The first kappa shape index (κ1) is 16.1. The molecule has 0 spiro atoms. The lowest BCUT2D eigenvalue weighted by Gasteiger charge is -2.15. The first-order valence-electron chi connectivity index (χ1n) is 6.65. The quantitative estimate of drug-likeness (QED) is 0.564. The van der Waals surface area contributed by atoms with Crippen LogP contribution in [0.25, 0.3) is 0 Å². The van der Waals surface area contributed by atoms with Crippen molar-refractivity contribution in [3.05, 3.63) is 39.4 Å². The molecule has 0 aromatic heterocycles. The summed E-state index contributed by atoms with van der Waals surface area (Å²) in [6, 6.07) is 4.02. The molecule has 1 aromatic carbocycles. The number of nitrogens with one attached hydrogen (secondary N) is 1. The second kappa shape index (κ2) is 7.59. The number of hydrogen-bond acceptors (Lipinski definition) is 4. The normalized spacial score (nSPS) is 12.1. The van der Waals surface area contributed by atoms with Gasteiger partial charge >= 0.3 is 5.97 Å². The van der Waals surface area contributed by atoms with Gasteiger partial charge in [0.05, 0.1) is 4.92 Å². The van der Waals surface area contributed by atoms with Gasteiger partial charge in [-0.2, -0.15) is 0 Å². The number of benzene rings is 1. The first-order chi connectivity index (χ1) is 9.45. The molecule has 0 aliphatic carbocycles. The van der Waals surface area contributed by atoms with E-state index in [1.165, 1.54) is 12.1 Å². The average Bonchev–Trinajstić information content (AvgIpc) is 2.39. The predicted octanol–water partition coefficient (Wildman–Crippen LogP) is 2.64. The molecule has 6 nitrogen and oxygen atoms in total. The maximum Gasteiger partial charge on any atom is 0.320 e. The Morgan fingerprint density at radius 1 is 1.50 bits per heavy atom. The SMILES string of the molecule is CCCC[C@H](NCc1ccc([N+](=O)[O-])cc1C)C(=O)O. The van der Waals surface area contributed by atoms with Crippen LogP contribution in [0.5, 0.6) is 0 Å². The van der Waals surface area contributed by atoms with Gasteiger partial charge in [-0.1, -0.05) is 25.8 Å². The summed E-state index contributed by atoms with van der Waals surface area (Å²) in [6.07, 6.45) is 2.38. The third-order valence-corrected chi connectivity index (χ3v) is 3.22. The van der Waals surface area contributed by atoms with Gasteiger partial charge in [-0.15, -0.1) is 0 Å². The van der Waals surface area contributed by atoms with E-state index in [9.17, 15) is 14.9 Å².